The molecule has 0 bridgehead atoms. The number of hydrogen-bond donors (Lipinski definition) is 0. The Morgan fingerprint density at radius 1 is 1.00 bits per heavy atom. The molecule has 0 aromatic heterocycles. The Labute approximate surface area is 85.2 Å². The van der Waals surface area contributed by atoms with Crippen molar-refractivity contribution >= 4 is 0 Å². The summed E-state index contributed by atoms with van der Waals surface area (Å²) in [6.07, 6.45) is 1.03. The number of benzene rings is 2. The average Bonchev–Trinajstić information content (AvgIpc) is 2.30. The fraction of sp³-hybridized carbons (Fsp3) is 0.143. The van der Waals surface area contributed by atoms with Crippen molar-refractivity contribution in [1.29, 1.82) is 0 Å². The first kappa shape index (κ1) is 9.01. The van der Waals surface area contributed by atoms with E-state index in [4.69, 9.17) is 0 Å². The molecule has 0 spiro atoms. The molecule has 0 saturated heterocycles. The molecule has 2 aromatic carbocycles. The Bertz CT molecular complexity index is 401. The van der Waals surface area contributed by atoms with Crippen LogP contribution in [0.2, 0.25) is 0 Å². The van der Waals surface area contributed by atoms with E-state index in [2.05, 4.69) is 43.3 Å². The second-order valence-electron chi connectivity index (χ2n) is 3.28. The van der Waals surface area contributed by atoms with Crippen LogP contribution < -0.4 is 0 Å². The molecule has 0 N–H and O–H groups in total. The van der Waals surface area contributed by atoms with Gasteiger partial charge in [0.2, 0.25) is 0 Å². The van der Waals surface area contributed by atoms with Gasteiger partial charge in [0.05, 0.1) is 0 Å². The summed E-state index contributed by atoms with van der Waals surface area (Å²) in [7, 11) is 0. The highest BCUT2D eigenvalue weighted by molar-refractivity contribution is 5.66. The van der Waals surface area contributed by atoms with Gasteiger partial charge in [-0.2, -0.15) is 0 Å². The van der Waals surface area contributed by atoms with Gasteiger partial charge in [-0.3, -0.25) is 0 Å². The summed E-state index contributed by atoms with van der Waals surface area (Å²) in [5, 5.41) is 0. The topological polar surface area (TPSA) is 0 Å². The standard InChI is InChI=1S/C14H13/c1-2-12-8-6-7-11-14(12)13-9-4-3-5-10-13/h3-7,9-11H,2H2,1H3. The van der Waals surface area contributed by atoms with Gasteiger partial charge in [0, 0.05) is 0 Å². The molecule has 0 amide bonds. The van der Waals surface area contributed by atoms with Gasteiger partial charge >= 0.3 is 0 Å². The summed E-state index contributed by atoms with van der Waals surface area (Å²) in [6, 6.07) is 19.9. The van der Waals surface area contributed by atoms with Crippen LogP contribution in [0, 0.1) is 6.07 Å². The summed E-state index contributed by atoms with van der Waals surface area (Å²) in [5.74, 6) is 0. The van der Waals surface area contributed by atoms with E-state index in [1.165, 1.54) is 16.7 Å². The van der Waals surface area contributed by atoms with E-state index in [-0.39, 0.29) is 0 Å². The van der Waals surface area contributed by atoms with Crippen LogP contribution in [0.5, 0.6) is 0 Å². The van der Waals surface area contributed by atoms with Gasteiger partial charge in [-0.25, -0.2) is 0 Å². The summed E-state index contributed by atoms with van der Waals surface area (Å²) in [6.45, 7) is 2.16. The van der Waals surface area contributed by atoms with E-state index in [0.717, 1.165) is 6.42 Å². The van der Waals surface area contributed by atoms with Gasteiger partial charge in [0.15, 0.2) is 0 Å². The van der Waals surface area contributed by atoms with Crippen LogP contribution in [0.1, 0.15) is 12.5 Å². The molecular formula is C14H13. The van der Waals surface area contributed by atoms with Gasteiger partial charge < -0.3 is 0 Å². The van der Waals surface area contributed by atoms with Crippen LogP contribution in [0.4, 0.5) is 0 Å². The van der Waals surface area contributed by atoms with Crippen LogP contribution in [-0.4, -0.2) is 0 Å². The van der Waals surface area contributed by atoms with Crippen molar-refractivity contribution in [2.24, 2.45) is 0 Å². The van der Waals surface area contributed by atoms with Gasteiger partial charge in [0.25, 0.3) is 0 Å². The maximum Gasteiger partial charge on any atom is -0.0143 e. The van der Waals surface area contributed by atoms with Crippen molar-refractivity contribution < 1.29 is 0 Å². The molecule has 0 aliphatic rings. The van der Waals surface area contributed by atoms with Crippen LogP contribution in [0.15, 0.2) is 48.5 Å². The van der Waals surface area contributed by atoms with Crippen molar-refractivity contribution in [3.63, 3.8) is 0 Å². The van der Waals surface area contributed by atoms with Crippen LogP contribution >= 0.6 is 0 Å². The van der Waals surface area contributed by atoms with Crippen molar-refractivity contribution in [2.45, 2.75) is 13.3 Å². The van der Waals surface area contributed by atoms with Crippen molar-refractivity contribution in [1.82, 2.24) is 0 Å². The quantitative estimate of drug-likeness (QED) is 0.662. The highest BCUT2D eigenvalue weighted by Gasteiger charge is 2.01. The lowest BCUT2D eigenvalue weighted by Crippen LogP contribution is -1.86. The van der Waals surface area contributed by atoms with E-state index in [0.29, 0.717) is 0 Å². The Hall–Kier alpha value is -1.56. The molecule has 2 rings (SSSR count). The first-order chi connectivity index (χ1) is 6.92. The molecule has 0 aliphatic heterocycles. The third-order valence-electron chi connectivity index (χ3n) is 2.38. The van der Waals surface area contributed by atoms with Gasteiger partial charge in [-0.1, -0.05) is 55.5 Å². The van der Waals surface area contributed by atoms with Crippen LogP contribution in [-0.2, 0) is 6.42 Å². The first-order valence-corrected chi connectivity index (χ1v) is 4.97. The predicted octanol–water partition coefficient (Wildman–Crippen LogP) is 3.72. The monoisotopic (exact) mass is 181 g/mol. The predicted molar refractivity (Wildman–Crippen MR) is 60.1 cm³/mol. The summed E-state index contributed by atoms with van der Waals surface area (Å²) in [4.78, 5) is 0. The molecule has 0 unspecified atom stereocenters. The van der Waals surface area contributed by atoms with E-state index in [1.54, 1.807) is 0 Å². The average molecular weight is 181 g/mol. The third-order valence-corrected chi connectivity index (χ3v) is 2.38. The normalized spacial score (nSPS) is 10.1. The fourth-order valence-electron chi connectivity index (χ4n) is 1.65. The second-order valence-corrected chi connectivity index (χ2v) is 3.28. The Balaban J connectivity index is 2.51. The highest BCUT2D eigenvalue weighted by atomic mass is 14.0. The van der Waals surface area contributed by atoms with Crippen LogP contribution in [0.3, 0.4) is 0 Å². The molecule has 0 aliphatic carbocycles. The molecule has 0 heterocycles. The molecule has 0 saturated carbocycles. The highest BCUT2D eigenvalue weighted by Crippen LogP contribution is 2.22. The van der Waals surface area contributed by atoms with E-state index in [1.807, 2.05) is 18.2 Å². The molecule has 14 heavy (non-hydrogen) atoms. The minimum absolute atomic E-state index is 1.03. The molecule has 0 atom stereocenters. The first-order valence-electron chi connectivity index (χ1n) is 4.97. The number of aryl methyl sites for hydroxylation is 1. The lowest BCUT2D eigenvalue weighted by atomic mass is 9.98. The second kappa shape index (κ2) is 4.10. The zero-order chi connectivity index (χ0) is 9.80. The lowest BCUT2D eigenvalue weighted by molar-refractivity contribution is 1.14. The zero-order valence-corrected chi connectivity index (χ0v) is 8.33. The summed E-state index contributed by atoms with van der Waals surface area (Å²) in [5.41, 5.74) is 3.87. The van der Waals surface area contributed by atoms with Gasteiger partial charge in [0.1, 0.15) is 0 Å². The minimum Gasteiger partial charge on any atom is -0.0622 e. The lowest BCUT2D eigenvalue weighted by Gasteiger charge is -2.06. The maximum absolute atomic E-state index is 3.29. The Morgan fingerprint density at radius 2 is 1.79 bits per heavy atom. The molecule has 1 radical (unpaired) electrons. The molecule has 0 heteroatoms. The van der Waals surface area contributed by atoms with Crippen molar-refractivity contribution in [3.8, 4) is 11.1 Å². The molecule has 2 aromatic rings. The minimum atomic E-state index is 1.03. The molecular weight excluding hydrogens is 168 g/mol. The van der Waals surface area contributed by atoms with Crippen molar-refractivity contribution in [2.75, 3.05) is 0 Å². The molecule has 0 nitrogen and oxygen atoms in total. The SMILES string of the molecule is CCc1[c]cccc1-c1ccccc1. The largest absolute Gasteiger partial charge is 0.0622 e. The van der Waals surface area contributed by atoms with Crippen LogP contribution in [0.25, 0.3) is 11.1 Å². The third kappa shape index (κ3) is 1.69. The summed E-state index contributed by atoms with van der Waals surface area (Å²) >= 11 is 0. The maximum atomic E-state index is 3.29. The van der Waals surface area contributed by atoms with Gasteiger partial charge in [-0.05, 0) is 29.2 Å². The smallest absolute Gasteiger partial charge is 0.0143 e. The molecule has 0 fully saturated rings. The summed E-state index contributed by atoms with van der Waals surface area (Å²) < 4.78 is 0. The fourth-order valence-corrected chi connectivity index (χ4v) is 1.65. The zero-order valence-electron chi connectivity index (χ0n) is 8.33. The number of rotatable bonds is 2. The van der Waals surface area contributed by atoms with Crippen molar-refractivity contribution in [3.05, 3.63) is 60.2 Å². The Morgan fingerprint density at radius 3 is 2.50 bits per heavy atom. The van der Waals surface area contributed by atoms with E-state index < -0.39 is 0 Å². The van der Waals surface area contributed by atoms with E-state index >= 15 is 0 Å². The number of hydrogen-bond acceptors (Lipinski definition) is 0. The van der Waals surface area contributed by atoms with E-state index in [9.17, 15) is 0 Å². The Kier molecular flexibility index (Phi) is 2.64. The van der Waals surface area contributed by atoms with Gasteiger partial charge in [-0.15, -0.1) is 0 Å². The molecule has 69 valence electrons.